The highest BCUT2D eigenvalue weighted by molar-refractivity contribution is 6.42. The van der Waals surface area contributed by atoms with Gasteiger partial charge in [0.05, 0.1) is 39.9 Å². The third-order valence-electron chi connectivity index (χ3n) is 5.79. The van der Waals surface area contributed by atoms with Crippen LogP contribution < -0.4 is 0 Å². The van der Waals surface area contributed by atoms with E-state index in [0.29, 0.717) is 31.2 Å². The summed E-state index contributed by atoms with van der Waals surface area (Å²) in [6, 6.07) is 10.2. The predicted molar refractivity (Wildman–Crippen MR) is 127 cm³/mol. The van der Waals surface area contributed by atoms with Gasteiger partial charge in [-0.05, 0) is 35.4 Å². The van der Waals surface area contributed by atoms with Crippen molar-refractivity contribution in [2.24, 2.45) is 0 Å². The zero-order valence-electron chi connectivity index (χ0n) is 17.7. The van der Waals surface area contributed by atoms with Crippen LogP contribution in [0.15, 0.2) is 59.2 Å². The van der Waals surface area contributed by atoms with Gasteiger partial charge in [0, 0.05) is 17.4 Å². The van der Waals surface area contributed by atoms with Gasteiger partial charge in [0.15, 0.2) is 5.57 Å². The number of hydrogen-bond donors (Lipinski definition) is 0. The standard InChI is InChI=1S/C24H16Cl4O6/c1-32-22(29)19-13-9-12(10-3-5-14(25)16(27)7-10)18(11-4-6-15(26)17(28)8-11)21(13)34-24(31)20(19)23(30)33-2/h3-9,12,18,21H,1-2H3/t12-,18-,21-/m0/s1. The quantitative estimate of drug-likeness (QED) is 0.281. The van der Waals surface area contributed by atoms with Gasteiger partial charge >= 0.3 is 17.9 Å². The summed E-state index contributed by atoms with van der Waals surface area (Å²) < 4.78 is 15.3. The van der Waals surface area contributed by atoms with Crippen LogP contribution in [0.2, 0.25) is 20.1 Å². The molecular formula is C24H16Cl4O6. The first-order valence-electron chi connectivity index (χ1n) is 9.91. The number of hydrogen-bond acceptors (Lipinski definition) is 6. The van der Waals surface area contributed by atoms with E-state index < -0.39 is 41.4 Å². The molecule has 0 N–H and O–H groups in total. The van der Waals surface area contributed by atoms with E-state index in [9.17, 15) is 14.4 Å². The molecule has 1 aliphatic carbocycles. The molecule has 6 nitrogen and oxygen atoms in total. The van der Waals surface area contributed by atoms with Gasteiger partial charge in [-0.25, -0.2) is 14.4 Å². The molecule has 176 valence electrons. The molecule has 1 heterocycles. The molecule has 0 saturated heterocycles. The summed E-state index contributed by atoms with van der Waals surface area (Å²) in [5, 5.41) is 1.36. The zero-order chi connectivity index (χ0) is 24.7. The van der Waals surface area contributed by atoms with Crippen molar-refractivity contribution in [3.05, 3.63) is 90.4 Å². The lowest BCUT2D eigenvalue weighted by Gasteiger charge is -2.31. The number of allylic oxidation sites excluding steroid dienone is 1. The number of methoxy groups -OCH3 is 2. The molecule has 2 aliphatic rings. The van der Waals surface area contributed by atoms with Crippen LogP contribution in [0.5, 0.6) is 0 Å². The van der Waals surface area contributed by atoms with Gasteiger partial charge in [0.1, 0.15) is 6.10 Å². The normalized spacial score (nSPS) is 21.5. The molecule has 1 aliphatic heterocycles. The van der Waals surface area contributed by atoms with Crippen LogP contribution in [0.1, 0.15) is 23.0 Å². The molecule has 3 atom stereocenters. The van der Waals surface area contributed by atoms with Crippen LogP contribution in [0.3, 0.4) is 0 Å². The molecule has 0 fully saturated rings. The molecule has 0 bridgehead atoms. The van der Waals surface area contributed by atoms with Gasteiger partial charge in [-0.3, -0.25) is 0 Å². The van der Waals surface area contributed by atoms with Gasteiger partial charge in [-0.1, -0.05) is 64.6 Å². The van der Waals surface area contributed by atoms with Crippen molar-refractivity contribution in [2.75, 3.05) is 14.2 Å². The molecule has 0 saturated carbocycles. The van der Waals surface area contributed by atoms with Crippen molar-refractivity contribution >= 4 is 64.3 Å². The Morgan fingerprint density at radius 2 is 1.32 bits per heavy atom. The highest BCUT2D eigenvalue weighted by Gasteiger charge is 2.50. The van der Waals surface area contributed by atoms with E-state index >= 15 is 0 Å². The molecule has 0 spiro atoms. The average Bonchev–Trinajstić information content (AvgIpc) is 3.19. The molecule has 4 rings (SSSR count). The Hall–Kier alpha value is -2.51. The van der Waals surface area contributed by atoms with E-state index in [-0.39, 0.29) is 5.57 Å². The highest BCUT2D eigenvalue weighted by Crippen LogP contribution is 2.51. The molecular weight excluding hydrogens is 526 g/mol. The minimum absolute atomic E-state index is 0.205. The van der Waals surface area contributed by atoms with Crippen LogP contribution in [0.4, 0.5) is 0 Å². The maximum Gasteiger partial charge on any atom is 0.347 e. The van der Waals surface area contributed by atoms with E-state index in [2.05, 4.69) is 0 Å². The summed E-state index contributed by atoms with van der Waals surface area (Å²) >= 11 is 24.8. The molecule has 10 heteroatoms. The molecule has 0 amide bonds. The maximum absolute atomic E-state index is 12.9. The summed E-state index contributed by atoms with van der Waals surface area (Å²) in [5.41, 5.74) is 1.02. The Morgan fingerprint density at radius 1 is 0.794 bits per heavy atom. The van der Waals surface area contributed by atoms with Crippen LogP contribution in [-0.4, -0.2) is 38.2 Å². The predicted octanol–water partition coefficient (Wildman–Crippen LogP) is 5.68. The number of esters is 3. The van der Waals surface area contributed by atoms with Crippen LogP contribution in [0.25, 0.3) is 0 Å². The zero-order valence-corrected chi connectivity index (χ0v) is 20.8. The minimum atomic E-state index is -1.01. The number of carbonyl (C=O) groups excluding carboxylic acids is 3. The second kappa shape index (κ2) is 9.62. The topological polar surface area (TPSA) is 78.9 Å². The van der Waals surface area contributed by atoms with Crippen LogP contribution in [0, 0.1) is 0 Å². The molecule has 34 heavy (non-hydrogen) atoms. The fourth-order valence-corrected chi connectivity index (χ4v) is 4.90. The smallest absolute Gasteiger partial charge is 0.347 e. The maximum atomic E-state index is 12.9. The number of ether oxygens (including phenoxy) is 3. The Morgan fingerprint density at radius 3 is 1.88 bits per heavy atom. The third-order valence-corrected chi connectivity index (χ3v) is 7.27. The largest absolute Gasteiger partial charge is 0.465 e. The second-order valence-electron chi connectivity index (χ2n) is 7.58. The minimum Gasteiger partial charge on any atom is -0.465 e. The number of fused-ring (bicyclic) bond motifs is 1. The number of halogens is 4. The van der Waals surface area contributed by atoms with Crippen LogP contribution >= 0.6 is 46.4 Å². The summed E-state index contributed by atoms with van der Waals surface area (Å²) in [5.74, 6) is -3.82. The molecule has 2 aromatic carbocycles. The number of carbonyl (C=O) groups is 3. The fourth-order valence-electron chi connectivity index (χ4n) is 4.29. The van der Waals surface area contributed by atoms with Gasteiger partial charge < -0.3 is 14.2 Å². The van der Waals surface area contributed by atoms with Gasteiger partial charge in [0.25, 0.3) is 0 Å². The first-order valence-corrected chi connectivity index (χ1v) is 11.4. The van der Waals surface area contributed by atoms with Gasteiger partial charge in [-0.15, -0.1) is 0 Å². The van der Waals surface area contributed by atoms with E-state index in [0.717, 1.165) is 19.8 Å². The monoisotopic (exact) mass is 540 g/mol. The van der Waals surface area contributed by atoms with E-state index in [1.54, 1.807) is 42.5 Å². The Balaban J connectivity index is 1.96. The van der Waals surface area contributed by atoms with Crippen molar-refractivity contribution < 1.29 is 28.6 Å². The number of rotatable bonds is 4. The Bertz CT molecular complexity index is 1280. The summed E-state index contributed by atoms with van der Waals surface area (Å²) in [4.78, 5) is 38.0. The van der Waals surface area contributed by atoms with Crippen molar-refractivity contribution in [3.8, 4) is 0 Å². The lowest BCUT2D eigenvalue weighted by atomic mass is 9.81. The fraction of sp³-hybridized carbons (Fsp3) is 0.208. The third kappa shape index (κ3) is 4.20. The lowest BCUT2D eigenvalue weighted by Crippen LogP contribution is -2.36. The van der Waals surface area contributed by atoms with Crippen molar-refractivity contribution in [3.63, 3.8) is 0 Å². The average molecular weight is 542 g/mol. The van der Waals surface area contributed by atoms with Crippen molar-refractivity contribution in [1.82, 2.24) is 0 Å². The molecule has 0 aromatic heterocycles. The lowest BCUT2D eigenvalue weighted by molar-refractivity contribution is -0.151. The summed E-state index contributed by atoms with van der Waals surface area (Å²) in [6.45, 7) is 0. The molecule has 0 unspecified atom stereocenters. The van der Waals surface area contributed by atoms with Gasteiger partial charge in [0.2, 0.25) is 0 Å². The molecule has 0 radical (unpaired) electrons. The van der Waals surface area contributed by atoms with Crippen molar-refractivity contribution in [1.29, 1.82) is 0 Å². The van der Waals surface area contributed by atoms with Gasteiger partial charge in [-0.2, -0.15) is 0 Å². The van der Waals surface area contributed by atoms with Crippen molar-refractivity contribution in [2.45, 2.75) is 17.9 Å². The van der Waals surface area contributed by atoms with E-state index in [4.69, 9.17) is 60.6 Å². The SMILES string of the molecule is COC(=O)C1=C(C(=O)OC)C2=C[C@@H](c3ccc(Cl)c(Cl)c3)[C@H](c3ccc(Cl)c(Cl)c3)[C@H]2OC1=O. The summed E-state index contributed by atoms with van der Waals surface area (Å²) in [6.07, 6.45) is 0.825. The summed E-state index contributed by atoms with van der Waals surface area (Å²) in [7, 11) is 2.26. The Kier molecular flexibility index (Phi) is 6.97. The first-order chi connectivity index (χ1) is 16.2. The highest BCUT2D eigenvalue weighted by atomic mass is 35.5. The van der Waals surface area contributed by atoms with E-state index in [1.165, 1.54) is 0 Å². The second-order valence-corrected chi connectivity index (χ2v) is 9.21. The molecule has 2 aromatic rings. The van der Waals surface area contributed by atoms with E-state index in [1.807, 2.05) is 0 Å². The number of benzene rings is 2. The van der Waals surface area contributed by atoms with Crippen LogP contribution in [-0.2, 0) is 28.6 Å². The first kappa shape index (κ1) is 24.6. The Labute approximate surface area is 215 Å².